The molecule has 0 unspecified atom stereocenters. The van der Waals surface area contributed by atoms with Gasteiger partial charge in [0.1, 0.15) is 0 Å². The molecule has 102 valence electrons. The van der Waals surface area contributed by atoms with E-state index in [1.165, 1.54) is 20.9 Å². The number of nitrogens with zero attached hydrogens (tertiary/aromatic N) is 1. The monoisotopic (exact) mass is 319 g/mol. The van der Waals surface area contributed by atoms with E-state index in [0.717, 1.165) is 22.1 Å². The van der Waals surface area contributed by atoms with Crippen LogP contribution in [0.25, 0.3) is 10.6 Å². The molecule has 0 radical (unpaired) electrons. The van der Waals surface area contributed by atoms with Crippen LogP contribution >= 0.6 is 34.3 Å². The minimum absolute atomic E-state index is 0.843. The van der Waals surface area contributed by atoms with E-state index in [1.54, 1.807) is 22.7 Å². The fourth-order valence-corrected chi connectivity index (χ4v) is 3.98. The van der Waals surface area contributed by atoms with Crippen LogP contribution in [0.3, 0.4) is 0 Å². The van der Waals surface area contributed by atoms with Crippen LogP contribution in [0.15, 0.2) is 35.7 Å². The Hall–Kier alpha value is -1.16. The van der Waals surface area contributed by atoms with Gasteiger partial charge < -0.3 is 0 Å². The second kappa shape index (κ2) is 5.68. The molecule has 0 fully saturated rings. The highest BCUT2D eigenvalue weighted by Gasteiger charge is 2.08. The highest BCUT2D eigenvalue weighted by molar-refractivity contribution is 7.16. The van der Waals surface area contributed by atoms with Crippen LogP contribution in [0.2, 0.25) is 5.02 Å². The average Bonchev–Trinajstić information content (AvgIpc) is 3.03. The summed E-state index contributed by atoms with van der Waals surface area (Å²) in [5.74, 6) is 0. The zero-order valence-electron chi connectivity index (χ0n) is 11.3. The van der Waals surface area contributed by atoms with Gasteiger partial charge in [-0.25, -0.2) is 4.98 Å². The Morgan fingerprint density at radius 3 is 2.75 bits per heavy atom. The molecule has 1 nitrogen and oxygen atoms in total. The first-order valence-corrected chi connectivity index (χ1v) is 8.45. The summed E-state index contributed by atoms with van der Waals surface area (Å²) in [6, 6.07) is 10.5. The van der Waals surface area contributed by atoms with Gasteiger partial charge in [0.2, 0.25) is 0 Å². The maximum Gasteiger partial charge on any atom is 0.0914 e. The zero-order valence-corrected chi connectivity index (χ0v) is 13.7. The third-order valence-corrected chi connectivity index (χ3v) is 5.35. The third kappa shape index (κ3) is 2.95. The fraction of sp³-hybridized carbons (Fsp3) is 0.188. The number of rotatable bonds is 3. The average molecular weight is 320 g/mol. The highest BCUT2D eigenvalue weighted by Crippen LogP contribution is 2.31. The lowest BCUT2D eigenvalue weighted by molar-refractivity contribution is 1.22. The molecule has 20 heavy (non-hydrogen) atoms. The summed E-state index contributed by atoms with van der Waals surface area (Å²) < 4.78 is 0. The van der Waals surface area contributed by atoms with E-state index in [9.17, 15) is 0 Å². The smallest absolute Gasteiger partial charge is 0.0914 e. The Balaban J connectivity index is 1.85. The number of aromatic nitrogens is 1. The van der Waals surface area contributed by atoms with Gasteiger partial charge in [0.25, 0.3) is 0 Å². The van der Waals surface area contributed by atoms with E-state index in [0.29, 0.717) is 0 Å². The molecule has 4 heteroatoms. The van der Waals surface area contributed by atoms with Gasteiger partial charge in [-0.3, -0.25) is 0 Å². The Morgan fingerprint density at radius 2 is 2.00 bits per heavy atom. The number of hydrogen-bond donors (Lipinski definition) is 0. The SMILES string of the molecule is Cc1ccc(Cl)c(Cc2ccc(-c3csc(C)n3)s2)c1. The van der Waals surface area contributed by atoms with E-state index < -0.39 is 0 Å². The Kier molecular flexibility index (Phi) is 3.92. The maximum absolute atomic E-state index is 6.27. The molecule has 0 aliphatic rings. The molecule has 0 aliphatic heterocycles. The van der Waals surface area contributed by atoms with Gasteiger partial charge in [0, 0.05) is 21.7 Å². The molecule has 3 aromatic rings. The lowest BCUT2D eigenvalue weighted by Gasteiger charge is -2.03. The van der Waals surface area contributed by atoms with Crippen molar-refractivity contribution < 1.29 is 0 Å². The molecule has 0 N–H and O–H groups in total. The van der Waals surface area contributed by atoms with Crippen LogP contribution < -0.4 is 0 Å². The molecule has 3 rings (SSSR count). The van der Waals surface area contributed by atoms with Gasteiger partial charge in [-0.15, -0.1) is 22.7 Å². The molecule has 0 atom stereocenters. The second-order valence-corrected chi connectivity index (χ2v) is 7.43. The molecule has 2 aromatic heterocycles. The summed E-state index contributed by atoms with van der Waals surface area (Å²) >= 11 is 9.75. The van der Waals surface area contributed by atoms with Crippen molar-refractivity contribution in [1.82, 2.24) is 4.98 Å². The molecule has 0 bridgehead atoms. The van der Waals surface area contributed by atoms with E-state index in [2.05, 4.69) is 35.5 Å². The number of aryl methyl sites for hydroxylation is 2. The van der Waals surface area contributed by atoms with Crippen LogP contribution in [-0.4, -0.2) is 4.98 Å². The fourth-order valence-electron chi connectivity index (χ4n) is 2.11. The van der Waals surface area contributed by atoms with Crippen molar-refractivity contribution in [2.24, 2.45) is 0 Å². The number of thiophene rings is 1. The van der Waals surface area contributed by atoms with Crippen molar-refractivity contribution in [2.45, 2.75) is 20.3 Å². The predicted molar refractivity (Wildman–Crippen MR) is 89.2 cm³/mol. The summed E-state index contributed by atoms with van der Waals surface area (Å²) in [5, 5.41) is 4.07. The Morgan fingerprint density at radius 1 is 1.15 bits per heavy atom. The minimum atomic E-state index is 0.843. The van der Waals surface area contributed by atoms with Gasteiger partial charge in [0.05, 0.1) is 15.6 Å². The van der Waals surface area contributed by atoms with Crippen molar-refractivity contribution in [3.05, 3.63) is 61.7 Å². The minimum Gasteiger partial charge on any atom is -0.241 e. The highest BCUT2D eigenvalue weighted by atomic mass is 35.5. The first-order chi connectivity index (χ1) is 9.61. The van der Waals surface area contributed by atoms with E-state index in [-0.39, 0.29) is 0 Å². The molecule has 0 spiro atoms. The van der Waals surface area contributed by atoms with Crippen LogP contribution in [-0.2, 0) is 6.42 Å². The summed E-state index contributed by atoms with van der Waals surface area (Å²) in [7, 11) is 0. The van der Waals surface area contributed by atoms with Gasteiger partial charge in [-0.05, 0) is 37.6 Å². The molecule has 0 amide bonds. The topological polar surface area (TPSA) is 12.9 Å². The van der Waals surface area contributed by atoms with E-state index >= 15 is 0 Å². The molecular weight excluding hydrogens is 306 g/mol. The van der Waals surface area contributed by atoms with Crippen molar-refractivity contribution in [3.63, 3.8) is 0 Å². The number of hydrogen-bond acceptors (Lipinski definition) is 3. The molecule has 2 heterocycles. The lowest BCUT2D eigenvalue weighted by Crippen LogP contribution is -1.87. The number of thiazole rings is 1. The van der Waals surface area contributed by atoms with Crippen molar-refractivity contribution in [1.29, 1.82) is 0 Å². The van der Waals surface area contributed by atoms with E-state index in [1.807, 2.05) is 19.1 Å². The number of benzene rings is 1. The standard InChI is InChI=1S/C16H14ClNS2/c1-10-3-5-14(17)12(7-10)8-13-4-6-16(20-13)15-9-19-11(2)18-15/h3-7,9H,8H2,1-2H3. The first kappa shape index (κ1) is 13.8. The summed E-state index contributed by atoms with van der Waals surface area (Å²) in [5.41, 5.74) is 3.52. The van der Waals surface area contributed by atoms with Crippen LogP contribution in [0.4, 0.5) is 0 Å². The van der Waals surface area contributed by atoms with Crippen LogP contribution in [0.5, 0.6) is 0 Å². The summed E-state index contributed by atoms with van der Waals surface area (Å²) in [4.78, 5) is 7.08. The zero-order chi connectivity index (χ0) is 14.1. The molecule has 1 aromatic carbocycles. The Labute approximate surface area is 131 Å². The van der Waals surface area contributed by atoms with Gasteiger partial charge in [-0.2, -0.15) is 0 Å². The van der Waals surface area contributed by atoms with E-state index in [4.69, 9.17) is 11.6 Å². The van der Waals surface area contributed by atoms with Crippen molar-refractivity contribution in [2.75, 3.05) is 0 Å². The molecule has 0 aliphatic carbocycles. The first-order valence-electron chi connectivity index (χ1n) is 6.38. The quantitative estimate of drug-likeness (QED) is 0.600. The predicted octanol–water partition coefficient (Wildman–Crippen LogP) is 5.73. The van der Waals surface area contributed by atoms with Crippen LogP contribution in [0, 0.1) is 13.8 Å². The normalized spacial score (nSPS) is 10.9. The number of halogens is 1. The Bertz CT molecular complexity index is 743. The summed E-state index contributed by atoms with van der Waals surface area (Å²) in [6.45, 7) is 4.13. The van der Waals surface area contributed by atoms with Crippen molar-refractivity contribution >= 4 is 34.3 Å². The van der Waals surface area contributed by atoms with Gasteiger partial charge >= 0.3 is 0 Å². The molecule has 0 saturated carbocycles. The third-order valence-electron chi connectivity index (χ3n) is 3.10. The van der Waals surface area contributed by atoms with Crippen molar-refractivity contribution in [3.8, 4) is 10.6 Å². The molecule has 0 saturated heterocycles. The maximum atomic E-state index is 6.27. The lowest BCUT2D eigenvalue weighted by atomic mass is 10.1. The van der Waals surface area contributed by atoms with Gasteiger partial charge in [-0.1, -0.05) is 29.3 Å². The molecular formula is C16H14ClNS2. The van der Waals surface area contributed by atoms with Crippen LogP contribution in [0.1, 0.15) is 21.0 Å². The largest absolute Gasteiger partial charge is 0.241 e. The summed E-state index contributed by atoms with van der Waals surface area (Å²) in [6.07, 6.45) is 0.883. The van der Waals surface area contributed by atoms with Gasteiger partial charge in [0.15, 0.2) is 0 Å². The second-order valence-electron chi connectivity index (χ2n) is 4.79.